The van der Waals surface area contributed by atoms with Gasteiger partial charge < -0.3 is 10.6 Å². The smallest absolute Gasteiger partial charge is 0.191 e. The number of guanidine groups is 1. The zero-order valence-electron chi connectivity index (χ0n) is 12.1. The number of nitrogens with one attached hydrogen (secondary N) is 2. The highest BCUT2D eigenvalue weighted by Gasteiger charge is 2.53. The number of hydrogen-bond donors (Lipinski definition) is 2. The van der Waals surface area contributed by atoms with Gasteiger partial charge in [0.15, 0.2) is 5.96 Å². The molecule has 2 saturated carbocycles. The maximum absolute atomic E-state index is 4.32. The number of nitrogens with zero attached hydrogens (tertiary/aromatic N) is 1. The van der Waals surface area contributed by atoms with Gasteiger partial charge in [0, 0.05) is 19.6 Å². The molecule has 2 aliphatic carbocycles. The molecule has 106 valence electrons. The van der Waals surface area contributed by atoms with Crippen molar-refractivity contribution in [3.63, 3.8) is 0 Å². The monoisotopic (exact) mass is 365 g/mol. The van der Waals surface area contributed by atoms with Crippen LogP contribution in [0, 0.1) is 17.3 Å². The third kappa shape index (κ3) is 4.00. The van der Waals surface area contributed by atoms with Crippen LogP contribution in [0.15, 0.2) is 4.99 Å². The van der Waals surface area contributed by atoms with Crippen molar-refractivity contribution in [2.75, 3.05) is 13.6 Å². The van der Waals surface area contributed by atoms with Crippen LogP contribution < -0.4 is 10.6 Å². The number of rotatable bonds is 5. The van der Waals surface area contributed by atoms with Crippen LogP contribution in [0.3, 0.4) is 0 Å². The molecule has 0 aromatic carbocycles. The molecule has 0 amide bonds. The first-order chi connectivity index (χ1) is 8.07. The summed E-state index contributed by atoms with van der Waals surface area (Å²) in [5.74, 6) is 2.61. The Hall–Kier alpha value is 0. The highest BCUT2D eigenvalue weighted by atomic mass is 127. The fourth-order valence-electron chi connectivity index (χ4n) is 2.42. The zero-order chi connectivity index (χ0) is 12.5. The van der Waals surface area contributed by atoms with Crippen LogP contribution in [0.5, 0.6) is 0 Å². The lowest BCUT2D eigenvalue weighted by Gasteiger charge is -2.23. The Morgan fingerprint density at radius 1 is 1.28 bits per heavy atom. The predicted octanol–water partition coefficient (Wildman–Crippen LogP) is 3.00. The van der Waals surface area contributed by atoms with Gasteiger partial charge >= 0.3 is 0 Å². The molecule has 18 heavy (non-hydrogen) atoms. The Morgan fingerprint density at radius 3 is 2.28 bits per heavy atom. The summed E-state index contributed by atoms with van der Waals surface area (Å²) in [5, 5.41) is 6.98. The number of hydrogen-bond acceptors (Lipinski definition) is 1. The quantitative estimate of drug-likeness (QED) is 0.447. The minimum atomic E-state index is 0. The molecule has 0 heterocycles. The van der Waals surface area contributed by atoms with E-state index in [1.54, 1.807) is 0 Å². The Labute approximate surface area is 129 Å². The van der Waals surface area contributed by atoms with E-state index in [0.717, 1.165) is 18.4 Å². The van der Waals surface area contributed by atoms with E-state index >= 15 is 0 Å². The van der Waals surface area contributed by atoms with Crippen molar-refractivity contribution in [2.24, 2.45) is 22.2 Å². The molecule has 0 spiro atoms. The third-order valence-electron chi connectivity index (χ3n) is 4.53. The molecule has 2 rings (SSSR count). The van der Waals surface area contributed by atoms with E-state index in [9.17, 15) is 0 Å². The van der Waals surface area contributed by atoms with Gasteiger partial charge in [0.05, 0.1) is 0 Å². The Kier molecular flexibility index (Phi) is 5.74. The average Bonchev–Trinajstić information content (AvgIpc) is 3.16. The van der Waals surface area contributed by atoms with E-state index in [2.05, 4.69) is 36.4 Å². The average molecular weight is 365 g/mol. The van der Waals surface area contributed by atoms with Crippen molar-refractivity contribution < 1.29 is 0 Å². The maximum Gasteiger partial charge on any atom is 0.191 e. The van der Waals surface area contributed by atoms with Crippen molar-refractivity contribution >= 4 is 29.9 Å². The first-order valence-electron chi connectivity index (χ1n) is 7.04. The van der Waals surface area contributed by atoms with Gasteiger partial charge in [-0.3, -0.25) is 4.99 Å². The van der Waals surface area contributed by atoms with Crippen LogP contribution in [0.2, 0.25) is 0 Å². The molecule has 4 heteroatoms. The normalized spacial score (nSPS) is 23.3. The molecule has 1 unspecified atom stereocenters. The molecular weight excluding hydrogens is 337 g/mol. The van der Waals surface area contributed by atoms with Gasteiger partial charge in [0.2, 0.25) is 0 Å². The van der Waals surface area contributed by atoms with Gasteiger partial charge in [0.25, 0.3) is 0 Å². The van der Waals surface area contributed by atoms with Crippen molar-refractivity contribution in [1.29, 1.82) is 0 Å². The molecule has 0 aromatic rings. The van der Waals surface area contributed by atoms with Gasteiger partial charge in [-0.1, -0.05) is 13.8 Å². The van der Waals surface area contributed by atoms with Crippen molar-refractivity contribution in [2.45, 2.75) is 52.5 Å². The van der Waals surface area contributed by atoms with E-state index in [0.29, 0.717) is 17.4 Å². The molecule has 2 fully saturated rings. The first-order valence-corrected chi connectivity index (χ1v) is 7.04. The second kappa shape index (κ2) is 6.44. The lowest BCUT2D eigenvalue weighted by Crippen LogP contribution is -2.46. The van der Waals surface area contributed by atoms with Crippen LogP contribution in [0.4, 0.5) is 0 Å². The molecular formula is C14H28IN3. The summed E-state index contributed by atoms with van der Waals surface area (Å²) in [6.45, 7) is 7.79. The predicted molar refractivity (Wildman–Crippen MR) is 88.6 cm³/mol. The molecule has 0 radical (unpaired) electrons. The summed E-state index contributed by atoms with van der Waals surface area (Å²) in [6.07, 6.45) is 5.75. The fourth-order valence-corrected chi connectivity index (χ4v) is 2.42. The Morgan fingerprint density at radius 2 is 1.89 bits per heavy atom. The minimum Gasteiger partial charge on any atom is -0.356 e. The van der Waals surface area contributed by atoms with Crippen LogP contribution in [-0.4, -0.2) is 25.6 Å². The molecule has 0 bridgehead atoms. The SMILES string of the molecule is CN=C(NCC1(C2CC2)CC1)NC(C)C(C)C.I. The Bertz CT molecular complexity index is 293. The molecule has 3 nitrogen and oxygen atoms in total. The summed E-state index contributed by atoms with van der Waals surface area (Å²) in [7, 11) is 1.86. The fraction of sp³-hybridized carbons (Fsp3) is 0.929. The molecule has 1 atom stereocenters. The van der Waals surface area contributed by atoms with Crippen LogP contribution in [-0.2, 0) is 0 Å². The molecule has 0 aliphatic heterocycles. The topological polar surface area (TPSA) is 36.4 Å². The molecule has 0 saturated heterocycles. The van der Waals surface area contributed by atoms with Crippen molar-refractivity contribution in [3.05, 3.63) is 0 Å². The minimum absolute atomic E-state index is 0. The lowest BCUT2D eigenvalue weighted by atomic mass is 10.0. The van der Waals surface area contributed by atoms with Crippen LogP contribution >= 0.6 is 24.0 Å². The number of halogens is 1. The summed E-state index contributed by atoms with van der Waals surface area (Å²) >= 11 is 0. The van der Waals surface area contributed by atoms with E-state index < -0.39 is 0 Å². The van der Waals surface area contributed by atoms with E-state index in [1.165, 1.54) is 25.7 Å². The van der Waals surface area contributed by atoms with Gasteiger partial charge in [-0.25, -0.2) is 0 Å². The molecule has 2 N–H and O–H groups in total. The van der Waals surface area contributed by atoms with Crippen LogP contribution in [0.1, 0.15) is 46.5 Å². The van der Waals surface area contributed by atoms with E-state index in [1.807, 2.05) is 7.05 Å². The van der Waals surface area contributed by atoms with Gasteiger partial charge in [-0.05, 0) is 49.9 Å². The second-order valence-electron chi connectivity index (χ2n) is 6.24. The summed E-state index contributed by atoms with van der Waals surface area (Å²) in [6, 6.07) is 0.470. The summed E-state index contributed by atoms with van der Waals surface area (Å²) in [5.41, 5.74) is 0.638. The molecule has 0 aromatic heterocycles. The highest BCUT2D eigenvalue weighted by molar-refractivity contribution is 14.0. The Balaban J connectivity index is 0.00000162. The maximum atomic E-state index is 4.32. The van der Waals surface area contributed by atoms with Gasteiger partial charge in [-0.2, -0.15) is 0 Å². The molecule has 2 aliphatic rings. The number of aliphatic imine (C=N–C) groups is 1. The standard InChI is InChI=1S/C14H27N3.HI/c1-10(2)11(3)17-13(15-4)16-9-14(7-8-14)12-5-6-12;/h10-12H,5-9H2,1-4H3,(H2,15,16,17);1H. The van der Waals surface area contributed by atoms with Crippen LogP contribution in [0.25, 0.3) is 0 Å². The third-order valence-corrected chi connectivity index (χ3v) is 4.53. The highest BCUT2D eigenvalue weighted by Crippen LogP contribution is 2.60. The van der Waals surface area contributed by atoms with Crippen molar-refractivity contribution in [1.82, 2.24) is 10.6 Å². The summed E-state index contributed by atoms with van der Waals surface area (Å²) < 4.78 is 0. The van der Waals surface area contributed by atoms with Gasteiger partial charge in [-0.15, -0.1) is 24.0 Å². The van der Waals surface area contributed by atoms with E-state index in [-0.39, 0.29) is 24.0 Å². The van der Waals surface area contributed by atoms with Crippen molar-refractivity contribution in [3.8, 4) is 0 Å². The largest absolute Gasteiger partial charge is 0.356 e. The lowest BCUT2D eigenvalue weighted by molar-refractivity contribution is 0.424. The first kappa shape index (κ1) is 16.1. The van der Waals surface area contributed by atoms with Gasteiger partial charge in [0.1, 0.15) is 0 Å². The second-order valence-corrected chi connectivity index (χ2v) is 6.24. The van der Waals surface area contributed by atoms with E-state index in [4.69, 9.17) is 0 Å². The zero-order valence-corrected chi connectivity index (χ0v) is 14.5. The summed E-state index contributed by atoms with van der Waals surface area (Å²) in [4.78, 5) is 4.32.